The predicted octanol–water partition coefficient (Wildman–Crippen LogP) is 2.77. The second-order valence-electron chi connectivity index (χ2n) is 5.06. The molecule has 1 aromatic heterocycles. The van der Waals surface area contributed by atoms with Gasteiger partial charge >= 0.3 is 0 Å². The molecule has 0 N–H and O–H groups in total. The van der Waals surface area contributed by atoms with Crippen molar-refractivity contribution >= 4 is 11.3 Å². The highest BCUT2D eigenvalue weighted by Gasteiger charge is 2.33. The van der Waals surface area contributed by atoms with Gasteiger partial charge in [0.1, 0.15) is 0 Å². The van der Waals surface area contributed by atoms with Gasteiger partial charge in [0.25, 0.3) is 0 Å². The summed E-state index contributed by atoms with van der Waals surface area (Å²) in [5.41, 5.74) is 1.22. The molecule has 0 spiro atoms. The van der Waals surface area contributed by atoms with Gasteiger partial charge in [0, 0.05) is 18.0 Å². The largest absolute Gasteiger partial charge is 0.378 e. The summed E-state index contributed by atoms with van der Waals surface area (Å²) in [7, 11) is 0. The van der Waals surface area contributed by atoms with Crippen LogP contribution in [0.3, 0.4) is 0 Å². The third-order valence-electron chi connectivity index (χ3n) is 3.94. The van der Waals surface area contributed by atoms with Gasteiger partial charge in [0.2, 0.25) is 0 Å². The van der Waals surface area contributed by atoms with Crippen LogP contribution in [-0.2, 0) is 4.74 Å². The molecule has 1 saturated heterocycles. The predicted molar refractivity (Wildman–Crippen MR) is 69.4 cm³/mol. The average molecular weight is 252 g/mol. The molecule has 2 aliphatic rings. The summed E-state index contributed by atoms with van der Waals surface area (Å²) >= 11 is 1.75. The lowest BCUT2D eigenvalue weighted by Crippen LogP contribution is -2.44. The molecule has 94 valence electrons. The number of thiazole rings is 1. The van der Waals surface area contributed by atoms with Crippen LogP contribution >= 0.6 is 11.3 Å². The van der Waals surface area contributed by atoms with Crippen molar-refractivity contribution in [2.45, 2.75) is 44.7 Å². The van der Waals surface area contributed by atoms with Crippen LogP contribution in [0, 0.1) is 6.92 Å². The van der Waals surface area contributed by atoms with Gasteiger partial charge in [-0.15, -0.1) is 11.3 Å². The van der Waals surface area contributed by atoms with Crippen LogP contribution in [0.1, 0.15) is 42.4 Å². The number of rotatable bonds is 2. The van der Waals surface area contributed by atoms with Crippen LogP contribution in [0.25, 0.3) is 0 Å². The van der Waals surface area contributed by atoms with E-state index in [-0.39, 0.29) is 0 Å². The van der Waals surface area contributed by atoms with Crippen LogP contribution in [0.15, 0.2) is 5.38 Å². The zero-order chi connectivity index (χ0) is 11.7. The first-order valence-corrected chi connectivity index (χ1v) is 7.48. The van der Waals surface area contributed by atoms with Gasteiger partial charge in [-0.3, -0.25) is 4.90 Å². The lowest BCUT2D eigenvalue weighted by molar-refractivity contribution is -0.0302. The zero-order valence-corrected chi connectivity index (χ0v) is 11.2. The summed E-state index contributed by atoms with van der Waals surface area (Å²) in [6.07, 6.45) is 5.51. The molecule has 1 saturated carbocycles. The van der Waals surface area contributed by atoms with Crippen molar-refractivity contribution in [3.05, 3.63) is 16.1 Å². The summed E-state index contributed by atoms with van der Waals surface area (Å²) < 4.78 is 5.66. The number of aromatic nitrogens is 1. The second-order valence-corrected chi connectivity index (χ2v) is 6.12. The van der Waals surface area contributed by atoms with Crippen molar-refractivity contribution in [2.24, 2.45) is 0 Å². The fourth-order valence-corrected chi connectivity index (χ4v) is 3.74. The van der Waals surface area contributed by atoms with E-state index in [1.165, 1.54) is 31.4 Å². The summed E-state index contributed by atoms with van der Waals surface area (Å²) in [5.74, 6) is 0. The van der Waals surface area contributed by atoms with E-state index in [0.717, 1.165) is 30.8 Å². The Morgan fingerprint density at radius 1 is 1.41 bits per heavy atom. The van der Waals surface area contributed by atoms with E-state index < -0.39 is 0 Å². The van der Waals surface area contributed by atoms with Crippen molar-refractivity contribution in [1.29, 1.82) is 0 Å². The highest BCUT2D eigenvalue weighted by Crippen LogP contribution is 2.33. The molecule has 0 amide bonds. The van der Waals surface area contributed by atoms with E-state index in [1.807, 2.05) is 0 Å². The first-order valence-electron chi connectivity index (χ1n) is 6.60. The highest BCUT2D eigenvalue weighted by molar-refractivity contribution is 7.09. The lowest BCUT2D eigenvalue weighted by atomic mass is 10.1. The number of ether oxygens (including phenoxy) is 1. The monoisotopic (exact) mass is 252 g/mol. The number of morpholine rings is 1. The van der Waals surface area contributed by atoms with Crippen LogP contribution < -0.4 is 0 Å². The van der Waals surface area contributed by atoms with Gasteiger partial charge in [-0.1, -0.05) is 12.8 Å². The minimum atomic E-state index is 0.400. The lowest BCUT2D eigenvalue weighted by Gasteiger charge is -2.38. The van der Waals surface area contributed by atoms with Gasteiger partial charge in [-0.2, -0.15) is 0 Å². The minimum Gasteiger partial charge on any atom is -0.378 e. The maximum absolute atomic E-state index is 5.66. The molecular weight excluding hydrogens is 232 g/mol. The second kappa shape index (κ2) is 5.04. The molecule has 1 aliphatic heterocycles. The number of nitrogens with zero attached hydrogens (tertiary/aromatic N) is 2. The van der Waals surface area contributed by atoms with Gasteiger partial charge in [-0.25, -0.2) is 4.98 Å². The maximum atomic E-state index is 5.66. The Bertz CT molecular complexity index is 373. The first kappa shape index (κ1) is 11.6. The smallest absolute Gasteiger partial charge is 0.0898 e. The molecule has 0 bridgehead atoms. The van der Waals surface area contributed by atoms with E-state index in [1.54, 1.807) is 11.3 Å². The van der Waals surface area contributed by atoms with E-state index in [2.05, 4.69) is 22.2 Å². The van der Waals surface area contributed by atoms with Crippen molar-refractivity contribution in [1.82, 2.24) is 9.88 Å². The fourth-order valence-electron chi connectivity index (χ4n) is 3.08. The molecule has 1 atom stereocenters. The summed E-state index contributed by atoms with van der Waals surface area (Å²) in [5, 5.41) is 3.37. The summed E-state index contributed by atoms with van der Waals surface area (Å²) in [6, 6.07) is 1.17. The molecule has 1 unspecified atom stereocenters. The minimum absolute atomic E-state index is 0.400. The Labute approximate surface area is 107 Å². The van der Waals surface area contributed by atoms with Crippen molar-refractivity contribution in [2.75, 3.05) is 19.8 Å². The van der Waals surface area contributed by atoms with Crippen molar-refractivity contribution in [3.8, 4) is 0 Å². The van der Waals surface area contributed by atoms with Crippen molar-refractivity contribution < 1.29 is 4.74 Å². The summed E-state index contributed by atoms with van der Waals surface area (Å²) in [6.45, 7) is 4.86. The normalized spacial score (nSPS) is 27.7. The Morgan fingerprint density at radius 3 is 2.94 bits per heavy atom. The zero-order valence-electron chi connectivity index (χ0n) is 10.4. The third kappa shape index (κ3) is 2.39. The quantitative estimate of drug-likeness (QED) is 0.809. The van der Waals surface area contributed by atoms with Gasteiger partial charge in [0.15, 0.2) is 0 Å². The molecule has 3 nitrogen and oxygen atoms in total. The third-order valence-corrected chi connectivity index (χ3v) is 4.73. The molecule has 3 rings (SSSR count). The number of hydrogen-bond donors (Lipinski definition) is 0. The molecule has 0 aromatic carbocycles. The molecule has 1 aromatic rings. The Hall–Kier alpha value is -0.450. The number of aryl methyl sites for hydroxylation is 1. The Kier molecular flexibility index (Phi) is 3.45. The molecular formula is C13H20N2OS. The molecule has 0 radical (unpaired) electrons. The van der Waals surface area contributed by atoms with Gasteiger partial charge in [-0.05, 0) is 19.8 Å². The van der Waals surface area contributed by atoms with E-state index in [0.29, 0.717) is 6.04 Å². The summed E-state index contributed by atoms with van der Waals surface area (Å²) in [4.78, 5) is 7.30. The average Bonchev–Trinajstić information content (AvgIpc) is 3.00. The topological polar surface area (TPSA) is 25.4 Å². The standard InChI is InChI=1S/C13H20N2OS/c1-10-14-12(9-17-10)13-8-16-7-6-15(13)11-4-2-3-5-11/h9,11,13H,2-8H2,1H3. The maximum Gasteiger partial charge on any atom is 0.0898 e. The van der Waals surface area contributed by atoms with Gasteiger partial charge < -0.3 is 4.74 Å². The highest BCUT2D eigenvalue weighted by atomic mass is 32.1. The van der Waals surface area contributed by atoms with E-state index >= 15 is 0 Å². The molecule has 17 heavy (non-hydrogen) atoms. The van der Waals surface area contributed by atoms with Crippen molar-refractivity contribution in [3.63, 3.8) is 0 Å². The Morgan fingerprint density at radius 2 is 2.24 bits per heavy atom. The van der Waals surface area contributed by atoms with Crippen LogP contribution in [0.5, 0.6) is 0 Å². The SMILES string of the molecule is Cc1nc(C2COCCN2C2CCCC2)cs1. The van der Waals surface area contributed by atoms with Gasteiger partial charge in [0.05, 0.1) is 30.0 Å². The first-order chi connectivity index (χ1) is 8.34. The van der Waals surface area contributed by atoms with E-state index in [9.17, 15) is 0 Å². The molecule has 2 heterocycles. The molecule has 2 fully saturated rings. The number of hydrogen-bond acceptors (Lipinski definition) is 4. The van der Waals surface area contributed by atoms with Crippen LogP contribution in [-0.4, -0.2) is 35.7 Å². The van der Waals surface area contributed by atoms with Crippen LogP contribution in [0.2, 0.25) is 0 Å². The molecule has 4 heteroatoms. The Balaban J connectivity index is 1.79. The van der Waals surface area contributed by atoms with Crippen LogP contribution in [0.4, 0.5) is 0 Å². The van der Waals surface area contributed by atoms with E-state index in [4.69, 9.17) is 4.74 Å². The fraction of sp³-hybridized carbons (Fsp3) is 0.769. The molecule has 1 aliphatic carbocycles.